The zero-order valence-corrected chi connectivity index (χ0v) is 40.0. The summed E-state index contributed by atoms with van der Waals surface area (Å²) < 4.78 is 17.1. The molecule has 0 atom stereocenters. The molecule has 9 N–H and O–H groups in total. The van der Waals surface area contributed by atoms with E-state index in [1.54, 1.807) is 28.6 Å². The Morgan fingerprint density at radius 1 is 0.618 bits per heavy atom. The van der Waals surface area contributed by atoms with Crippen molar-refractivity contribution in [3.05, 3.63) is 106 Å². The van der Waals surface area contributed by atoms with Crippen molar-refractivity contribution in [2.75, 3.05) is 30.5 Å². The number of pyridine rings is 1. The van der Waals surface area contributed by atoms with Gasteiger partial charge in [0.15, 0.2) is 0 Å². The topological polar surface area (TPSA) is 250 Å². The van der Waals surface area contributed by atoms with E-state index in [-0.39, 0.29) is 34.6 Å². The van der Waals surface area contributed by atoms with E-state index in [4.69, 9.17) is 29.8 Å². The Kier molecular flexibility index (Phi) is 25.0. The summed E-state index contributed by atoms with van der Waals surface area (Å²) in [5.74, 6) is 1.25. The van der Waals surface area contributed by atoms with Gasteiger partial charge in [0.25, 0.3) is 0 Å². The maximum absolute atomic E-state index is 11.8. The van der Waals surface area contributed by atoms with Crippen molar-refractivity contribution >= 4 is 52.0 Å². The summed E-state index contributed by atoms with van der Waals surface area (Å²) in [6.45, 7) is 11.8. The number of ether oxygens (including phenoxy) is 3. The lowest BCUT2D eigenvalue weighted by molar-refractivity contribution is -0.130. The molecular weight excluding hydrogens is 873 g/mol. The standard InChI is InChI=1S/C17H24N2O4.C17H22N2O3.C15H18N2O4.C2H6/c1-17(2)11-16(21)18-14-10-12(7-8-13(14)17)23-9-5-3-4-6-15(20)19-22;1-2-14-8-7-13-12-15(9-10-16(13)18-14)22-11-5-3-4-6-17(20)19-21;18-14-8-6-11-5-7-12(10-13(11)16-14)21-9-3-1-2-4-15(19)17-20;1-2/h7-8,10,22H,3-6,9,11H2,1-2H3,(H,18,21)(H,19,20);2,7-10,12,18,21H,3-6,11H2,1H3,(H,19,20);5-8,10,20H,1-4,9H2,(H,16,18)(H,17,19);1-2H3/b;14-2-;;. The number of unbranched alkanes of at least 4 members (excludes halogenated alkanes) is 6. The number of aromatic amines is 1. The highest BCUT2D eigenvalue weighted by molar-refractivity contribution is 5.95. The van der Waals surface area contributed by atoms with Crippen molar-refractivity contribution in [3.63, 3.8) is 0 Å². The smallest absolute Gasteiger partial charge is 0.248 e. The first-order valence-electron chi connectivity index (χ1n) is 23.3. The summed E-state index contributed by atoms with van der Waals surface area (Å²) in [7, 11) is 0. The van der Waals surface area contributed by atoms with E-state index < -0.39 is 0 Å². The number of rotatable bonds is 21. The molecule has 370 valence electrons. The molecule has 0 saturated carbocycles. The van der Waals surface area contributed by atoms with Crippen molar-refractivity contribution < 1.29 is 49.0 Å². The van der Waals surface area contributed by atoms with Crippen LogP contribution >= 0.6 is 0 Å². The van der Waals surface area contributed by atoms with Crippen molar-refractivity contribution in [3.8, 4) is 17.2 Å². The quantitative estimate of drug-likeness (QED) is 0.0215. The lowest BCUT2D eigenvalue weighted by Crippen LogP contribution is -2.32. The van der Waals surface area contributed by atoms with Gasteiger partial charge in [-0.1, -0.05) is 45.9 Å². The molecule has 3 aromatic carbocycles. The molecule has 6 rings (SSSR count). The monoisotopic (exact) mass is 943 g/mol. The van der Waals surface area contributed by atoms with E-state index >= 15 is 0 Å². The zero-order chi connectivity index (χ0) is 49.7. The normalized spacial score (nSPS) is 13.2. The molecule has 17 heteroatoms. The van der Waals surface area contributed by atoms with Crippen LogP contribution in [0.3, 0.4) is 0 Å². The second-order valence-corrected chi connectivity index (χ2v) is 16.4. The minimum absolute atomic E-state index is 0.0295. The van der Waals surface area contributed by atoms with Gasteiger partial charge in [-0.2, -0.15) is 0 Å². The lowest BCUT2D eigenvalue weighted by Gasteiger charge is -2.32. The predicted molar refractivity (Wildman–Crippen MR) is 263 cm³/mol. The van der Waals surface area contributed by atoms with Gasteiger partial charge in [0.1, 0.15) is 17.2 Å². The number of allylic oxidation sites excluding steroid dienone is 2. The molecular formula is C51H70N6O11. The van der Waals surface area contributed by atoms with Crippen LogP contribution in [0, 0.1) is 0 Å². The molecule has 1 aromatic heterocycles. The number of carbonyl (C=O) groups is 4. The van der Waals surface area contributed by atoms with Gasteiger partial charge < -0.3 is 29.8 Å². The van der Waals surface area contributed by atoms with Crippen LogP contribution in [-0.2, 0) is 24.6 Å². The van der Waals surface area contributed by atoms with E-state index in [1.807, 2.05) is 81.5 Å². The number of nitrogens with one attached hydrogen (secondary N) is 6. The van der Waals surface area contributed by atoms with Crippen molar-refractivity contribution in [2.24, 2.45) is 0 Å². The highest BCUT2D eigenvalue weighted by atomic mass is 16.5. The third kappa shape index (κ3) is 20.0. The molecule has 3 heterocycles. The summed E-state index contributed by atoms with van der Waals surface area (Å²) in [4.78, 5) is 58.3. The number of fused-ring (bicyclic) bond motifs is 3. The summed E-state index contributed by atoms with van der Waals surface area (Å²) in [5, 5.41) is 32.3. The van der Waals surface area contributed by atoms with Gasteiger partial charge in [-0.15, -0.1) is 0 Å². The Balaban J connectivity index is 0.000000265. The van der Waals surface area contributed by atoms with Crippen molar-refractivity contribution in [1.29, 1.82) is 0 Å². The van der Waals surface area contributed by atoms with Crippen LogP contribution in [0.2, 0.25) is 0 Å². The number of amides is 4. The molecule has 0 radical (unpaired) electrons. The van der Waals surface area contributed by atoms with Crippen LogP contribution in [0.1, 0.15) is 129 Å². The van der Waals surface area contributed by atoms with Gasteiger partial charge >= 0.3 is 0 Å². The van der Waals surface area contributed by atoms with E-state index in [0.717, 1.165) is 95.5 Å². The Morgan fingerprint density at radius 2 is 1.12 bits per heavy atom. The van der Waals surface area contributed by atoms with Crippen LogP contribution in [0.5, 0.6) is 17.2 Å². The number of aromatic nitrogens is 1. The van der Waals surface area contributed by atoms with E-state index in [9.17, 15) is 24.0 Å². The molecule has 0 saturated heterocycles. The first-order chi connectivity index (χ1) is 32.8. The number of hydrogen-bond donors (Lipinski definition) is 9. The van der Waals surface area contributed by atoms with Crippen LogP contribution in [-0.4, -0.2) is 64.1 Å². The van der Waals surface area contributed by atoms with Gasteiger partial charge in [-0.25, -0.2) is 16.4 Å². The van der Waals surface area contributed by atoms with Gasteiger partial charge in [0.2, 0.25) is 29.2 Å². The summed E-state index contributed by atoms with van der Waals surface area (Å²) in [6, 6.07) is 20.6. The van der Waals surface area contributed by atoms with Crippen LogP contribution < -0.4 is 46.8 Å². The molecule has 0 aliphatic carbocycles. The Hall–Kier alpha value is -6.69. The van der Waals surface area contributed by atoms with Gasteiger partial charge in [0, 0.05) is 71.9 Å². The number of hydrogen-bond acceptors (Lipinski definition) is 12. The molecule has 2 aliphatic rings. The summed E-state index contributed by atoms with van der Waals surface area (Å²) in [6.07, 6.45) is 14.9. The second-order valence-electron chi connectivity index (χ2n) is 16.4. The molecule has 17 nitrogen and oxygen atoms in total. The maximum atomic E-state index is 11.8. The largest absolute Gasteiger partial charge is 0.494 e. The maximum Gasteiger partial charge on any atom is 0.248 e. The number of hydroxylamine groups is 3. The predicted octanol–water partition coefficient (Wildman–Crippen LogP) is 9.22. The third-order valence-corrected chi connectivity index (χ3v) is 10.7. The number of H-pyrrole nitrogens is 1. The first-order valence-corrected chi connectivity index (χ1v) is 23.3. The molecule has 0 bridgehead atoms. The van der Waals surface area contributed by atoms with Crippen molar-refractivity contribution in [1.82, 2.24) is 21.4 Å². The Morgan fingerprint density at radius 3 is 1.66 bits per heavy atom. The Bertz CT molecular complexity index is 2340. The highest BCUT2D eigenvalue weighted by Gasteiger charge is 2.32. The van der Waals surface area contributed by atoms with Gasteiger partial charge in [-0.05, 0) is 124 Å². The van der Waals surface area contributed by atoms with Crippen LogP contribution in [0.4, 0.5) is 11.4 Å². The minimum atomic E-state index is -0.366. The fourth-order valence-corrected chi connectivity index (χ4v) is 7.07. The highest BCUT2D eigenvalue weighted by Crippen LogP contribution is 2.39. The fourth-order valence-electron chi connectivity index (χ4n) is 7.07. The second kappa shape index (κ2) is 30.6. The zero-order valence-electron chi connectivity index (χ0n) is 40.0. The number of carbonyl (C=O) groups excluding carboxylic acids is 4. The van der Waals surface area contributed by atoms with Crippen LogP contribution in [0.15, 0.2) is 89.4 Å². The average molecular weight is 943 g/mol. The molecule has 4 aromatic rings. The van der Waals surface area contributed by atoms with E-state index in [2.05, 4.69) is 35.5 Å². The first kappa shape index (κ1) is 55.6. The molecule has 68 heavy (non-hydrogen) atoms. The van der Waals surface area contributed by atoms with Gasteiger partial charge in [-0.3, -0.25) is 39.6 Å². The summed E-state index contributed by atoms with van der Waals surface area (Å²) >= 11 is 0. The molecule has 0 spiro atoms. The lowest BCUT2D eigenvalue weighted by atomic mass is 9.78. The molecule has 0 unspecified atom stereocenters. The number of anilines is 2. The summed E-state index contributed by atoms with van der Waals surface area (Å²) in [5.41, 5.74) is 10.5. The van der Waals surface area contributed by atoms with Gasteiger partial charge in [0.05, 0.1) is 25.3 Å². The van der Waals surface area contributed by atoms with Crippen molar-refractivity contribution in [2.45, 2.75) is 124 Å². The third-order valence-electron chi connectivity index (χ3n) is 10.7. The number of benzene rings is 3. The molecule has 4 amide bonds. The SMILES string of the molecule is C/C=C1/C=Cc2cc(OCCCCCC(=O)NO)ccc2N1.CC.CC1(C)CC(=O)Nc2cc(OCCCCCC(=O)NO)ccc21.O=C(CCCCCOc1ccc2ccc(=O)[nH]c2c1)NO. The van der Waals surface area contributed by atoms with Crippen LogP contribution in [0.25, 0.3) is 17.0 Å². The average Bonchev–Trinajstić information content (AvgIpc) is 3.34. The minimum Gasteiger partial charge on any atom is -0.494 e. The Labute approximate surface area is 398 Å². The molecule has 0 fully saturated rings. The fraction of sp³-hybridized carbons (Fsp3) is 0.431. The van der Waals surface area contributed by atoms with E-state index in [1.165, 1.54) is 6.07 Å². The van der Waals surface area contributed by atoms with E-state index in [0.29, 0.717) is 64.1 Å². The molecule has 2 aliphatic heterocycles.